The van der Waals surface area contributed by atoms with Gasteiger partial charge in [0.1, 0.15) is 0 Å². The van der Waals surface area contributed by atoms with Crippen molar-refractivity contribution in [3.8, 4) is 0 Å². The zero-order valence-electron chi connectivity index (χ0n) is 10.8. The molecule has 1 N–H and O–H groups in total. The third-order valence-electron chi connectivity index (χ3n) is 3.19. The van der Waals surface area contributed by atoms with Gasteiger partial charge in [-0.2, -0.15) is 0 Å². The van der Waals surface area contributed by atoms with E-state index in [9.17, 15) is 4.79 Å². The van der Waals surface area contributed by atoms with Gasteiger partial charge in [-0.1, -0.05) is 43.6 Å². The second kappa shape index (κ2) is 6.02. The van der Waals surface area contributed by atoms with Crippen LogP contribution in [0.25, 0.3) is 0 Å². The fraction of sp³-hybridized carbons (Fsp3) is 0.133. The first-order valence-electron chi connectivity index (χ1n) is 6.31. The molecule has 0 aromatic heterocycles. The average molecular weight is 429 g/mol. The number of rotatable bonds is 3. The van der Waals surface area contributed by atoms with E-state index < -0.39 is 5.97 Å². The standard InChI is InChI=1S/C15H11Br2NO2S/c16-9-1-3-11-13(7-9)21-14-8-10(17)2-4-12(14)18(11)6-5-15(19)20/h1-4,7-8H,5-6H2,(H,19,20). The summed E-state index contributed by atoms with van der Waals surface area (Å²) in [5.74, 6) is -0.787. The van der Waals surface area contributed by atoms with E-state index in [1.807, 2.05) is 24.3 Å². The van der Waals surface area contributed by atoms with Crippen LogP contribution in [0.4, 0.5) is 11.4 Å². The largest absolute Gasteiger partial charge is 0.481 e. The average Bonchev–Trinajstić information content (AvgIpc) is 2.42. The quantitative estimate of drug-likeness (QED) is 0.720. The maximum Gasteiger partial charge on any atom is 0.305 e. The predicted octanol–water partition coefficient (Wildman–Crippen LogP) is 5.29. The minimum Gasteiger partial charge on any atom is -0.481 e. The van der Waals surface area contributed by atoms with Crippen LogP contribution in [0.15, 0.2) is 55.1 Å². The number of fused-ring (bicyclic) bond motifs is 2. The van der Waals surface area contributed by atoms with Crippen molar-refractivity contribution in [1.29, 1.82) is 0 Å². The van der Waals surface area contributed by atoms with E-state index in [1.165, 1.54) is 0 Å². The van der Waals surface area contributed by atoms with Gasteiger partial charge in [0, 0.05) is 25.3 Å². The van der Waals surface area contributed by atoms with E-state index in [1.54, 1.807) is 11.8 Å². The number of halogens is 2. The van der Waals surface area contributed by atoms with Crippen LogP contribution in [0.3, 0.4) is 0 Å². The van der Waals surface area contributed by atoms with Gasteiger partial charge in [0.05, 0.1) is 17.8 Å². The summed E-state index contributed by atoms with van der Waals surface area (Å²) in [6.45, 7) is 0.457. The summed E-state index contributed by atoms with van der Waals surface area (Å²) in [5.41, 5.74) is 2.11. The van der Waals surface area contributed by atoms with Crippen LogP contribution in [0.1, 0.15) is 6.42 Å². The van der Waals surface area contributed by atoms with E-state index in [-0.39, 0.29) is 6.42 Å². The van der Waals surface area contributed by atoms with Crippen LogP contribution in [0.5, 0.6) is 0 Å². The Balaban J connectivity index is 2.07. The van der Waals surface area contributed by atoms with Crippen LogP contribution in [-0.4, -0.2) is 17.6 Å². The number of anilines is 2. The van der Waals surface area contributed by atoms with E-state index in [2.05, 4.69) is 48.9 Å². The number of aliphatic carboxylic acids is 1. The van der Waals surface area contributed by atoms with Crippen molar-refractivity contribution in [3.05, 3.63) is 45.3 Å². The van der Waals surface area contributed by atoms with Crippen LogP contribution >= 0.6 is 43.6 Å². The smallest absolute Gasteiger partial charge is 0.305 e. The first-order chi connectivity index (χ1) is 10.0. The molecule has 0 saturated heterocycles. The molecular weight excluding hydrogens is 418 g/mol. The van der Waals surface area contributed by atoms with Crippen LogP contribution in [0.2, 0.25) is 0 Å². The molecule has 2 aromatic rings. The van der Waals surface area contributed by atoms with E-state index >= 15 is 0 Å². The minimum atomic E-state index is -0.787. The Morgan fingerprint density at radius 3 is 2.05 bits per heavy atom. The molecule has 0 saturated carbocycles. The van der Waals surface area contributed by atoms with E-state index in [0.717, 1.165) is 30.1 Å². The summed E-state index contributed by atoms with van der Waals surface area (Å²) in [6.07, 6.45) is 0.107. The second-order valence-corrected chi connectivity index (χ2v) is 7.54. The van der Waals surface area contributed by atoms with Gasteiger partial charge in [-0.05, 0) is 36.4 Å². The topological polar surface area (TPSA) is 40.5 Å². The Kier molecular flexibility index (Phi) is 4.28. The number of carboxylic acids is 1. The maximum atomic E-state index is 10.9. The predicted molar refractivity (Wildman–Crippen MR) is 91.7 cm³/mol. The molecule has 6 heteroatoms. The lowest BCUT2D eigenvalue weighted by atomic mass is 10.2. The number of hydrogen-bond donors (Lipinski definition) is 1. The number of benzene rings is 2. The number of nitrogens with zero attached hydrogens (tertiary/aromatic N) is 1. The Morgan fingerprint density at radius 2 is 1.57 bits per heavy atom. The molecule has 0 atom stereocenters. The number of carboxylic acid groups (broad SMARTS) is 1. The highest BCUT2D eigenvalue weighted by Gasteiger charge is 2.24. The molecule has 0 radical (unpaired) electrons. The molecule has 0 bridgehead atoms. The molecule has 108 valence electrons. The van der Waals surface area contributed by atoms with E-state index in [4.69, 9.17) is 5.11 Å². The Labute approximate surface area is 143 Å². The summed E-state index contributed by atoms with van der Waals surface area (Å²) < 4.78 is 2.04. The number of hydrogen-bond acceptors (Lipinski definition) is 3. The van der Waals surface area contributed by atoms with Gasteiger partial charge in [-0.3, -0.25) is 4.79 Å². The molecule has 0 amide bonds. The SMILES string of the molecule is O=C(O)CCN1c2ccc(Br)cc2Sc2cc(Br)ccc21. The molecule has 2 aromatic carbocycles. The first-order valence-corrected chi connectivity index (χ1v) is 8.71. The Morgan fingerprint density at radius 1 is 1.05 bits per heavy atom. The van der Waals surface area contributed by atoms with E-state index in [0.29, 0.717) is 6.54 Å². The molecule has 0 spiro atoms. The van der Waals surface area contributed by atoms with Gasteiger partial charge in [0.25, 0.3) is 0 Å². The lowest BCUT2D eigenvalue weighted by molar-refractivity contribution is -0.136. The summed E-state index contributed by atoms with van der Waals surface area (Å²) >= 11 is 8.68. The molecule has 3 nitrogen and oxygen atoms in total. The van der Waals surface area contributed by atoms with Crippen molar-refractivity contribution in [3.63, 3.8) is 0 Å². The summed E-state index contributed by atoms with van der Waals surface area (Å²) in [6, 6.07) is 12.2. The van der Waals surface area contributed by atoms with Crippen molar-refractivity contribution in [2.45, 2.75) is 16.2 Å². The van der Waals surface area contributed by atoms with Crippen molar-refractivity contribution < 1.29 is 9.90 Å². The number of carbonyl (C=O) groups is 1. The van der Waals surface area contributed by atoms with Gasteiger partial charge in [0.15, 0.2) is 0 Å². The third-order valence-corrected chi connectivity index (χ3v) is 5.27. The van der Waals surface area contributed by atoms with Crippen LogP contribution in [-0.2, 0) is 4.79 Å². The van der Waals surface area contributed by atoms with Crippen LogP contribution < -0.4 is 4.90 Å². The Hall–Kier alpha value is -0.980. The van der Waals surface area contributed by atoms with Crippen LogP contribution in [0, 0.1) is 0 Å². The lowest BCUT2D eigenvalue weighted by Gasteiger charge is -2.32. The Bertz CT molecular complexity index is 669. The monoisotopic (exact) mass is 427 g/mol. The molecule has 0 aliphatic carbocycles. The lowest BCUT2D eigenvalue weighted by Crippen LogP contribution is -2.23. The van der Waals surface area contributed by atoms with Gasteiger partial charge in [-0.25, -0.2) is 0 Å². The minimum absolute atomic E-state index is 0.107. The molecule has 0 unspecified atom stereocenters. The normalized spacial score (nSPS) is 12.8. The van der Waals surface area contributed by atoms with Gasteiger partial charge < -0.3 is 10.0 Å². The van der Waals surface area contributed by atoms with Gasteiger partial charge in [-0.15, -0.1) is 0 Å². The maximum absolute atomic E-state index is 10.9. The molecule has 1 aliphatic rings. The highest BCUT2D eigenvalue weighted by molar-refractivity contribution is 9.10. The van der Waals surface area contributed by atoms with Crippen molar-refractivity contribution in [2.24, 2.45) is 0 Å². The van der Waals surface area contributed by atoms with Crippen molar-refractivity contribution in [2.75, 3.05) is 11.4 Å². The molecule has 21 heavy (non-hydrogen) atoms. The van der Waals surface area contributed by atoms with Crippen molar-refractivity contribution in [1.82, 2.24) is 0 Å². The summed E-state index contributed by atoms with van der Waals surface area (Å²) in [5, 5.41) is 8.98. The fourth-order valence-electron chi connectivity index (χ4n) is 2.28. The molecular formula is C15H11Br2NO2S. The second-order valence-electron chi connectivity index (χ2n) is 4.62. The highest BCUT2D eigenvalue weighted by Crippen LogP contribution is 2.49. The van der Waals surface area contributed by atoms with Gasteiger partial charge >= 0.3 is 5.97 Å². The molecule has 1 heterocycles. The molecule has 3 rings (SSSR count). The molecule has 1 aliphatic heterocycles. The summed E-state index contributed by atoms with van der Waals surface area (Å²) in [7, 11) is 0. The first kappa shape index (κ1) is 14.9. The van der Waals surface area contributed by atoms with Crippen molar-refractivity contribution >= 4 is 61.0 Å². The van der Waals surface area contributed by atoms with Gasteiger partial charge in [0.2, 0.25) is 0 Å². The zero-order chi connectivity index (χ0) is 15.0. The summed E-state index contributed by atoms with van der Waals surface area (Å²) in [4.78, 5) is 15.3. The third kappa shape index (κ3) is 3.12. The fourth-order valence-corrected chi connectivity index (χ4v) is 4.48. The zero-order valence-corrected chi connectivity index (χ0v) is 14.8. The molecule has 0 fully saturated rings. The highest BCUT2D eigenvalue weighted by atomic mass is 79.9.